The van der Waals surface area contributed by atoms with E-state index in [0.717, 1.165) is 12.4 Å². The molecule has 2 nitrogen and oxygen atoms in total. The van der Waals surface area contributed by atoms with Gasteiger partial charge in [-0.15, -0.1) is 0 Å². The van der Waals surface area contributed by atoms with Gasteiger partial charge in [0.15, 0.2) is 0 Å². The number of rotatable bonds is 1. The monoisotopic (exact) mass is 188 g/mol. The van der Waals surface area contributed by atoms with Crippen LogP contribution in [0.3, 0.4) is 0 Å². The van der Waals surface area contributed by atoms with E-state index in [1.807, 2.05) is 0 Å². The maximum Gasteiger partial charge on any atom is 0.101 e. The van der Waals surface area contributed by atoms with Crippen molar-refractivity contribution in [2.45, 2.75) is 33.4 Å². The van der Waals surface area contributed by atoms with Gasteiger partial charge in [-0.3, -0.25) is 4.99 Å². The average Bonchev–Trinajstić information content (AvgIpc) is 2.17. The summed E-state index contributed by atoms with van der Waals surface area (Å²) >= 11 is 0. The first-order valence-electron chi connectivity index (χ1n) is 5.08. The Bertz CT molecular complexity index is 366. The fraction of sp³-hybridized carbons (Fsp3) is 0.417. The second kappa shape index (κ2) is 3.45. The van der Waals surface area contributed by atoms with E-state index in [1.54, 1.807) is 0 Å². The zero-order chi connectivity index (χ0) is 10.1. The van der Waals surface area contributed by atoms with Crippen molar-refractivity contribution in [1.29, 1.82) is 0 Å². The molecule has 1 aromatic rings. The highest BCUT2D eigenvalue weighted by Crippen LogP contribution is 2.27. The summed E-state index contributed by atoms with van der Waals surface area (Å²) in [4.78, 5) is 6.81. The summed E-state index contributed by atoms with van der Waals surface area (Å²) in [6.45, 7) is 7.30. The molecule has 14 heavy (non-hydrogen) atoms. The summed E-state index contributed by atoms with van der Waals surface area (Å²) in [6.07, 6.45) is 0. The summed E-state index contributed by atoms with van der Waals surface area (Å²) < 4.78 is 0. The first-order chi connectivity index (χ1) is 6.70. The third-order valence-corrected chi connectivity index (χ3v) is 2.59. The molecule has 0 amide bonds. The Hall–Kier alpha value is -1.31. The molecule has 1 aromatic carbocycles. The van der Waals surface area contributed by atoms with Crippen LogP contribution in [0.5, 0.6) is 0 Å². The molecule has 0 unspecified atom stereocenters. The van der Waals surface area contributed by atoms with Crippen LogP contribution in [0.1, 0.15) is 26.3 Å². The Morgan fingerprint density at radius 3 is 2.71 bits per heavy atom. The molecule has 0 bridgehead atoms. The molecule has 1 heterocycles. The van der Waals surface area contributed by atoms with E-state index in [9.17, 15) is 0 Å². The van der Waals surface area contributed by atoms with E-state index < -0.39 is 0 Å². The minimum Gasteiger partial charge on any atom is -0.328 e. The minimum absolute atomic E-state index is 0.472. The summed E-state index contributed by atoms with van der Waals surface area (Å²) in [5.41, 5.74) is 2.64. The first-order valence-corrected chi connectivity index (χ1v) is 5.08. The highest BCUT2D eigenvalue weighted by molar-refractivity contribution is 5.98. The van der Waals surface area contributed by atoms with Crippen LogP contribution in [0.15, 0.2) is 29.3 Å². The molecule has 0 N–H and O–H groups in total. The smallest absolute Gasteiger partial charge is 0.101 e. The van der Waals surface area contributed by atoms with Gasteiger partial charge in [-0.05, 0) is 32.4 Å². The number of nitrogens with zero attached hydrogens (tertiary/aromatic N) is 2. The zero-order valence-electron chi connectivity index (χ0n) is 8.99. The Balaban J connectivity index is 2.47. The summed E-state index contributed by atoms with van der Waals surface area (Å²) in [5, 5.41) is 0. The maximum atomic E-state index is 4.52. The predicted molar refractivity (Wildman–Crippen MR) is 60.9 cm³/mol. The van der Waals surface area contributed by atoms with E-state index in [0.29, 0.717) is 6.04 Å². The lowest BCUT2D eigenvalue weighted by Gasteiger charge is -2.33. The molecule has 0 saturated carbocycles. The van der Waals surface area contributed by atoms with Crippen LogP contribution in [-0.2, 0) is 6.54 Å². The highest BCUT2D eigenvalue weighted by Gasteiger charge is 2.19. The van der Waals surface area contributed by atoms with E-state index in [2.05, 4.69) is 54.9 Å². The summed E-state index contributed by atoms with van der Waals surface area (Å²) in [6, 6.07) is 8.97. The molecule has 2 rings (SSSR count). The van der Waals surface area contributed by atoms with Crippen molar-refractivity contribution in [3.63, 3.8) is 0 Å². The fourth-order valence-electron chi connectivity index (χ4n) is 1.98. The van der Waals surface area contributed by atoms with E-state index in [4.69, 9.17) is 0 Å². The number of benzene rings is 1. The van der Waals surface area contributed by atoms with Gasteiger partial charge in [-0.25, -0.2) is 0 Å². The lowest BCUT2D eigenvalue weighted by Crippen LogP contribution is -2.37. The van der Waals surface area contributed by atoms with Crippen LogP contribution in [0.25, 0.3) is 0 Å². The number of aliphatic imine (C=N–C) groups is 1. The van der Waals surface area contributed by atoms with Crippen LogP contribution in [-0.4, -0.2) is 11.9 Å². The minimum atomic E-state index is 0.472. The van der Waals surface area contributed by atoms with Gasteiger partial charge in [-0.1, -0.05) is 18.2 Å². The second-order valence-corrected chi connectivity index (χ2v) is 3.96. The van der Waals surface area contributed by atoms with Crippen LogP contribution >= 0.6 is 0 Å². The van der Waals surface area contributed by atoms with Crippen molar-refractivity contribution >= 4 is 11.5 Å². The highest BCUT2D eigenvalue weighted by atomic mass is 15.2. The largest absolute Gasteiger partial charge is 0.328 e. The summed E-state index contributed by atoms with van der Waals surface area (Å²) in [7, 11) is 0. The Morgan fingerprint density at radius 1 is 1.29 bits per heavy atom. The van der Waals surface area contributed by atoms with Gasteiger partial charge in [-0.2, -0.15) is 0 Å². The molecular weight excluding hydrogens is 172 g/mol. The van der Waals surface area contributed by atoms with Gasteiger partial charge < -0.3 is 4.90 Å². The van der Waals surface area contributed by atoms with Gasteiger partial charge in [0, 0.05) is 11.7 Å². The Morgan fingerprint density at radius 2 is 2.00 bits per heavy atom. The Kier molecular flexibility index (Phi) is 2.28. The van der Waals surface area contributed by atoms with Crippen molar-refractivity contribution in [1.82, 2.24) is 0 Å². The normalized spacial score (nSPS) is 15.4. The van der Waals surface area contributed by atoms with Gasteiger partial charge in [0.25, 0.3) is 0 Å². The van der Waals surface area contributed by atoms with Gasteiger partial charge in [0.2, 0.25) is 0 Å². The summed E-state index contributed by atoms with van der Waals surface area (Å²) in [5.74, 6) is 1.12. The van der Waals surface area contributed by atoms with Crippen molar-refractivity contribution in [3.05, 3.63) is 29.8 Å². The van der Waals surface area contributed by atoms with Gasteiger partial charge in [0.05, 0.1) is 6.54 Å². The van der Waals surface area contributed by atoms with Crippen LogP contribution < -0.4 is 4.90 Å². The molecule has 0 radical (unpaired) electrons. The third-order valence-electron chi connectivity index (χ3n) is 2.59. The van der Waals surface area contributed by atoms with Crippen molar-refractivity contribution in [2.24, 2.45) is 4.99 Å². The van der Waals surface area contributed by atoms with Crippen molar-refractivity contribution < 1.29 is 0 Å². The van der Waals surface area contributed by atoms with Crippen molar-refractivity contribution in [2.75, 3.05) is 4.90 Å². The Labute approximate surface area is 85.3 Å². The SMILES string of the molecule is CC1=NCc2ccccc2N1C(C)C. The molecule has 2 heteroatoms. The second-order valence-electron chi connectivity index (χ2n) is 3.96. The molecule has 0 saturated heterocycles. The van der Waals surface area contributed by atoms with Crippen LogP contribution in [0.2, 0.25) is 0 Å². The van der Waals surface area contributed by atoms with Crippen LogP contribution in [0.4, 0.5) is 5.69 Å². The molecular formula is C12H16N2. The number of para-hydroxylation sites is 1. The van der Waals surface area contributed by atoms with Gasteiger partial charge in [0.1, 0.15) is 5.84 Å². The molecule has 0 spiro atoms. The molecule has 0 aliphatic carbocycles. The van der Waals surface area contributed by atoms with Gasteiger partial charge >= 0.3 is 0 Å². The number of hydrogen-bond acceptors (Lipinski definition) is 2. The lowest BCUT2D eigenvalue weighted by molar-refractivity contribution is 0.781. The molecule has 1 aliphatic heterocycles. The quantitative estimate of drug-likeness (QED) is 0.661. The molecule has 0 fully saturated rings. The standard InChI is InChI=1S/C12H16N2/c1-9(2)14-10(3)13-8-11-6-4-5-7-12(11)14/h4-7,9H,8H2,1-3H3. The zero-order valence-corrected chi connectivity index (χ0v) is 8.99. The number of fused-ring (bicyclic) bond motifs is 1. The average molecular weight is 188 g/mol. The molecule has 74 valence electrons. The van der Waals surface area contributed by atoms with E-state index in [1.165, 1.54) is 11.3 Å². The predicted octanol–water partition coefficient (Wildman–Crippen LogP) is 2.83. The number of amidine groups is 1. The van der Waals surface area contributed by atoms with Crippen molar-refractivity contribution in [3.8, 4) is 0 Å². The lowest BCUT2D eigenvalue weighted by atomic mass is 10.1. The number of anilines is 1. The molecule has 1 aliphatic rings. The van der Waals surface area contributed by atoms with Crippen LogP contribution in [0, 0.1) is 0 Å². The van der Waals surface area contributed by atoms with E-state index in [-0.39, 0.29) is 0 Å². The molecule has 0 atom stereocenters. The van der Waals surface area contributed by atoms with E-state index >= 15 is 0 Å². The topological polar surface area (TPSA) is 15.6 Å². The molecule has 0 aromatic heterocycles. The first kappa shape index (κ1) is 9.25. The maximum absolute atomic E-state index is 4.52. The number of hydrogen-bond donors (Lipinski definition) is 0. The third kappa shape index (κ3) is 1.41. The fourth-order valence-corrected chi connectivity index (χ4v) is 1.98.